The topological polar surface area (TPSA) is 54.3 Å². The zero-order valence-corrected chi connectivity index (χ0v) is 10.7. The van der Waals surface area contributed by atoms with Gasteiger partial charge in [-0.1, -0.05) is 0 Å². The first-order valence-electron chi connectivity index (χ1n) is 5.77. The number of nitrogens with one attached hydrogen (secondary N) is 2. The van der Waals surface area contributed by atoms with E-state index in [1.165, 1.54) is 19.1 Å². The Bertz CT molecular complexity index is 647. The molecule has 0 radical (unpaired) electrons. The van der Waals surface area contributed by atoms with Gasteiger partial charge >= 0.3 is 12.2 Å². The molecule has 1 heterocycles. The highest BCUT2D eigenvalue weighted by atomic mass is 19.4. The average Bonchev–Trinajstić information content (AvgIpc) is 2.73. The second-order valence-corrected chi connectivity index (χ2v) is 4.18. The minimum absolute atomic E-state index is 0.0133. The summed E-state index contributed by atoms with van der Waals surface area (Å²) in [4.78, 5) is 11.6. The molecule has 2 amide bonds. The number of halogens is 4. The Balaban J connectivity index is 2.11. The van der Waals surface area contributed by atoms with Gasteiger partial charge in [0.1, 0.15) is 11.6 Å². The third kappa shape index (κ3) is 3.74. The molecule has 0 atom stereocenters. The normalized spacial score (nSPS) is 11.3. The molecule has 4 nitrogen and oxygen atoms in total. The molecule has 0 fully saturated rings. The second-order valence-electron chi connectivity index (χ2n) is 4.18. The SMILES string of the molecule is Cc1cc(NC(=O)Nc2ccc(F)cc2)c(C(F)(F)F)o1. The van der Waals surface area contributed by atoms with Gasteiger partial charge in [-0.3, -0.25) is 0 Å². The van der Waals surface area contributed by atoms with E-state index in [1.54, 1.807) is 0 Å². The molecule has 0 unspecified atom stereocenters. The van der Waals surface area contributed by atoms with E-state index in [0.29, 0.717) is 0 Å². The summed E-state index contributed by atoms with van der Waals surface area (Å²) in [5, 5.41) is 4.32. The van der Waals surface area contributed by atoms with Gasteiger partial charge < -0.3 is 15.1 Å². The first-order valence-corrected chi connectivity index (χ1v) is 5.77. The van der Waals surface area contributed by atoms with Crippen molar-refractivity contribution in [3.63, 3.8) is 0 Å². The summed E-state index contributed by atoms with van der Waals surface area (Å²) in [6, 6.07) is 4.94. The number of hydrogen-bond donors (Lipinski definition) is 2. The van der Waals surface area contributed by atoms with E-state index in [4.69, 9.17) is 0 Å². The quantitative estimate of drug-likeness (QED) is 0.808. The number of carbonyl (C=O) groups excluding carboxylic acids is 1. The molecule has 0 aliphatic heterocycles. The molecule has 0 saturated carbocycles. The number of furan rings is 1. The van der Waals surface area contributed by atoms with Gasteiger partial charge in [0, 0.05) is 11.8 Å². The van der Waals surface area contributed by atoms with Crippen LogP contribution in [0.25, 0.3) is 0 Å². The molecule has 112 valence electrons. The van der Waals surface area contributed by atoms with Gasteiger partial charge in [0.15, 0.2) is 0 Å². The molecule has 1 aromatic carbocycles. The smallest absolute Gasteiger partial charge is 0.451 e. The molecule has 0 aliphatic carbocycles. The van der Waals surface area contributed by atoms with Crippen LogP contribution in [-0.4, -0.2) is 6.03 Å². The van der Waals surface area contributed by atoms with Crippen molar-refractivity contribution >= 4 is 17.4 Å². The molecule has 2 aromatic rings. The molecule has 8 heteroatoms. The highest BCUT2D eigenvalue weighted by Gasteiger charge is 2.38. The van der Waals surface area contributed by atoms with Gasteiger partial charge in [-0.25, -0.2) is 9.18 Å². The predicted molar refractivity (Wildman–Crippen MR) is 67.5 cm³/mol. The van der Waals surface area contributed by atoms with Crippen LogP contribution in [0, 0.1) is 12.7 Å². The summed E-state index contributed by atoms with van der Waals surface area (Å²) < 4.78 is 55.2. The molecule has 0 spiro atoms. The number of aryl methyl sites for hydroxylation is 1. The summed E-state index contributed by atoms with van der Waals surface area (Å²) >= 11 is 0. The first kappa shape index (κ1) is 14.9. The van der Waals surface area contributed by atoms with E-state index >= 15 is 0 Å². The Morgan fingerprint density at radius 1 is 1.14 bits per heavy atom. The van der Waals surface area contributed by atoms with Crippen molar-refractivity contribution < 1.29 is 26.8 Å². The Hall–Kier alpha value is -2.51. The van der Waals surface area contributed by atoms with Crippen LogP contribution in [0.2, 0.25) is 0 Å². The zero-order valence-electron chi connectivity index (χ0n) is 10.7. The van der Waals surface area contributed by atoms with Crippen molar-refractivity contribution in [1.82, 2.24) is 0 Å². The summed E-state index contributed by atoms with van der Waals surface area (Å²) in [6.45, 7) is 1.33. The minimum Gasteiger partial charge on any atom is -0.455 e. The van der Waals surface area contributed by atoms with Crippen LogP contribution in [-0.2, 0) is 6.18 Å². The molecule has 0 bridgehead atoms. The average molecular weight is 302 g/mol. The summed E-state index contributed by atoms with van der Waals surface area (Å²) in [6.07, 6.45) is -4.72. The summed E-state index contributed by atoms with van der Waals surface area (Å²) in [5.74, 6) is -1.76. The highest BCUT2D eigenvalue weighted by Crippen LogP contribution is 2.37. The van der Waals surface area contributed by atoms with Crippen molar-refractivity contribution in [2.45, 2.75) is 13.1 Å². The Morgan fingerprint density at radius 3 is 2.33 bits per heavy atom. The Morgan fingerprint density at radius 2 is 1.76 bits per heavy atom. The number of benzene rings is 1. The lowest BCUT2D eigenvalue weighted by atomic mass is 10.3. The fraction of sp³-hybridized carbons (Fsp3) is 0.154. The van der Waals surface area contributed by atoms with Gasteiger partial charge in [0.05, 0.1) is 5.69 Å². The summed E-state index contributed by atoms with van der Waals surface area (Å²) in [7, 11) is 0. The number of carbonyl (C=O) groups is 1. The maximum atomic E-state index is 12.7. The number of alkyl halides is 3. The minimum atomic E-state index is -4.72. The van der Waals surface area contributed by atoms with Crippen molar-refractivity contribution in [3.05, 3.63) is 47.7 Å². The highest BCUT2D eigenvalue weighted by molar-refractivity contribution is 6.00. The standard InChI is InChI=1S/C13H10F4N2O2/c1-7-6-10(11(21-7)13(15,16)17)19-12(20)18-9-4-2-8(14)3-5-9/h2-6H,1H3,(H2,18,19,20). The fourth-order valence-corrected chi connectivity index (χ4v) is 1.64. The molecule has 2 N–H and O–H groups in total. The van der Waals surface area contributed by atoms with E-state index in [2.05, 4.69) is 9.73 Å². The van der Waals surface area contributed by atoms with Crippen LogP contribution in [0.3, 0.4) is 0 Å². The molecule has 1 aromatic heterocycles. The van der Waals surface area contributed by atoms with Gasteiger partial charge in [0.2, 0.25) is 5.76 Å². The first-order chi connectivity index (χ1) is 9.75. The molecular formula is C13H10F4N2O2. The van der Waals surface area contributed by atoms with E-state index in [-0.39, 0.29) is 11.4 Å². The lowest BCUT2D eigenvalue weighted by Gasteiger charge is -2.09. The third-order valence-electron chi connectivity index (χ3n) is 2.46. The molecule has 0 aliphatic rings. The van der Waals surface area contributed by atoms with E-state index in [9.17, 15) is 22.4 Å². The van der Waals surface area contributed by atoms with E-state index in [0.717, 1.165) is 18.2 Å². The largest absolute Gasteiger partial charge is 0.455 e. The molecule has 21 heavy (non-hydrogen) atoms. The van der Waals surface area contributed by atoms with E-state index < -0.39 is 29.5 Å². The maximum absolute atomic E-state index is 12.7. The Labute approximate surface area is 116 Å². The van der Waals surface area contributed by atoms with Crippen molar-refractivity contribution in [3.8, 4) is 0 Å². The monoisotopic (exact) mass is 302 g/mol. The lowest BCUT2D eigenvalue weighted by molar-refractivity contribution is -0.152. The number of rotatable bonds is 2. The lowest BCUT2D eigenvalue weighted by Crippen LogP contribution is -2.21. The number of urea groups is 1. The van der Waals surface area contributed by atoms with Gasteiger partial charge in [-0.05, 0) is 31.2 Å². The number of amides is 2. The maximum Gasteiger partial charge on any atom is 0.451 e. The fourth-order valence-electron chi connectivity index (χ4n) is 1.64. The molecule has 0 saturated heterocycles. The summed E-state index contributed by atoms with van der Waals surface area (Å²) in [5.41, 5.74) is -0.248. The third-order valence-corrected chi connectivity index (χ3v) is 2.46. The second kappa shape index (κ2) is 5.47. The molecule has 2 rings (SSSR count). The van der Waals surface area contributed by atoms with Gasteiger partial charge in [-0.15, -0.1) is 0 Å². The number of anilines is 2. The molecular weight excluding hydrogens is 292 g/mol. The van der Waals surface area contributed by atoms with Crippen LogP contribution in [0.15, 0.2) is 34.7 Å². The van der Waals surface area contributed by atoms with Crippen molar-refractivity contribution in [2.75, 3.05) is 10.6 Å². The van der Waals surface area contributed by atoms with Crippen molar-refractivity contribution in [2.24, 2.45) is 0 Å². The Kier molecular flexibility index (Phi) is 3.88. The van der Waals surface area contributed by atoms with Crippen molar-refractivity contribution in [1.29, 1.82) is 0 Å². The van der Waals surface area contributed by atoms with Crippen LogP contribution in [0.1, 0.15) is 11.5 Å². The van der Waals surface area contributed by atoms with Crippen LogP contribution >= 0.6 is 0 Å². The van der Waals surface area contributed by atoms with Gasteiger partial charge in [-0.2, -0.15) is 13.2 Å². The number of hydrogen-bond acceptors (Lipinski definition) is 2. The zero-order chi connectivity index (χ0) is 15.6. The van der Waals surface area contributed by atoms with E-state index in [1.807, 2.05) is 5.32 Å². The van der Waals surface area contributed by atoms with Crippen LogP contribution < -0.4 is 10.6 Å². The van der Waals surface area contributed by atoms with Crippen LogP contribution in [0.4, 0.5) is 33.7 Å². The van der Waals surface area contributed by atoms with Gasteiger partial charge in [0.25, 0.3) is 0 Å². The van der Waals surface area contributed by atoms with Crippen LogP contribution in [0.5, 0.6) is 0 Å². The predicted octanol–water partition coefficient (Wildman–Crippen LogP) is 4.39.